The van der Waals surface area contributed by atoms with Crippen LogP contribution in [-0.4, -0.2) is 44.4 Å². The molecule has 10 nitrogen and oxygen atoms in total. The molecule has 0 bridgehead atoms. The maximum Gasteiger partial charge on any atom is 0.226 e. The minimum Gasteiger partial charge on any atom is -0.489 e. The molecule has 3 heterocycles. The number of nitrogens with two attached hydrogens (primary N) is 1. The lowest BCUT2D eigenvalue weighted by molar-refractivity contribution is 0.178. The highest BCUT2D eigenvalue weighted by Gasteiger charge is 2.30. The molecule has 2 saturated carbocycles. The Morgan fingerprint density at radius 3 is 2.71 bits per heavy atom. The van der Waals surface area contributed by atoms with E-state index in [-0.39, 0.29) is 17.8 Å². The first-order valence-electron chi connectivity index (χ1n) is 11.7. The third-order valence-corrected chi connectivity index (χ3v) is 6.24. The maximum atomic E-state index is 8.90. The molecular weight excluding hydrogens is 432 g/mol. The third kappa shape index (κ3) is 4.94. The standard InChI is InChI=1S/C24H28N8O2/c1-33-24-23(19-10-21(32-31-19)30-22-13-27-16(11-25)12-28-22)20(9-18(29-24)14-6-7-14)34-17-5-3-2-4-15(26)8-17/h9-10,12-15,17H,2-8,26H2,1H3,(H2,28,30,31,32)/t15-,17+/m0/s1. The van der Waals surface area contributed by atoms with Crippen molar-refractivity contribution in [2.75, 3.05) is 12.4 Å². The van der Waals surface area contributed by atoms with Crippen molar-refractivity contribution < 1.29 is 9.47 Å². The lowest BCUT2D eigenvalue weighted by atomic mass is 10.1. The molecule has 2 aliphatic carbocycles. The number of H-pyrrole nitrogens is 1. The minimum atomic E-state index is 0.0462. The molecule has 0 unspecified atom stereocenters. The number of rotatable bonds is 7. The lowest BCUT2D eigenvalue weighted by Gasteiger charge is -2.22. The summed E-state index contributed by atoms with van der Waals surface area (Å²) in [5.74, 6) is 2.72. The molecule has 176 valence electrons. The minimum absolute atomic E-state index is 0.0462. The number of anilines is 2. The zero-order valence-electron chi connectivity index (χ0n) is 19.1. The molecule has 0 aromatic carbocycles. The Balaban J connectivity index is 1.46. The molecule has 0 saturated heterocycles. The predicted molar refractivity (Wildman–Crippen MR) is 126 cm³/mol. The number of hydrogen-bond donors (Lipinski definition) is 3. The number of pyridine rings is 1. The fourth-order valence-corrected chi connectivity index (χ4v) is 4.33. The van der Waals surface area contributed by atoms with Gasteiger partial charge in [0.15, 0.2) is 11.5 Å². The van der Waals surface area contributed by atoms with Gasteiger partial charge in [-0.15, -0.1) is 0 Å². The molecule has 2 atom stereocenters. The number of ether oxygens (including phenoxy) is 2. The number of methoxy groups -OCH3 is 1. The van der Waals surface area contributed by atoms with Gasteiger partial charge in [0, 0.05) is 24.1 Å². The van der Waals surface area contributed by atoms with Gasteiger partial charge < -0.3 is 20.5 Å². The van der Waals surface area contributed by atoms with Crippen LogP contribution in [0.5, 0.6) is 11.6 Å². The first kappa shape index (κ1) is 22.1. The maximum absolute atomic E-state index is 8.90. The van der Waals surface area contributed by atoms with Crippen LogP contribution in [0.2, 0.25) is 0 Å². The van der Waals surface area contributed by atoms with Crippen LogP contribution in [0.25, 0.3) is 11.3 Å². The van der Waals surface area contributed by atoms with Crippen LogP contribution >= 0.6 is 0 Å². The largest absolute Gasteiger partial charge is 0.489 e. The van der Waals surface area contributed by atoms with Gasteiger partial charge >= 0.3 is 0 Å². The fraction of sp³-hybridized carbons (Fsp3) is 0.458. The number of nitrogens with one attached hydrogen (secondary N) is 2. The van der Waals surface area contributed by atoms with Crippen LogP contribution in [0.15, 0.2) is 24.5 Å². The summed E-state index contributed by atoms with van der Waals surface area (Å²) < 4.78 is 12.3. The van der Waals surface area contributed by atoms with E-state index in [0.29, 0.717) is 29.1 Å². The van der Waals surface area contributed by atoms with Crippen molar-refractivity contribution in [2.45, 2.75) is 63.0 Å². The van der Waals surface area contributed by atoms with Gasteiger partial charge in [-0.25, -0.2) is 15.0 Å². The Labute approximate surface area is 197 Å². The number of nitriles is 1. The van der Waals surface area contributed by atoms with Gasteiger partial charge in [0.1, 0.15) is 29.3 Å². The highest BCUT2D eigenvalue weighted by molar-refractivity contribution is 5.75. The van der Waals surface area contributed by atoms with Crippen molar-refractivity contribution in [1.29, 1.82) is 5.26 Å². The van der Waals surface area contributed by atoms with Crippen LogP contribution in [-0.2, 0) is 0 Å². The topological polar surface area (TPSA) is 148 Å². The second-order valence-corrected chi connectivity index (χ2v) is 8.91. The van der Waals surface area contributed by atoms with E-state index in [0.717, 1.165) is 62.0 Å². The summed E-state index contributed by atoms with van der Waals surface area (Å²) in [7, 11) is 1.62. The highest BCUT2D eigenvalue weighted by Crippen LogP contribution is 2.45. The smallest absolute Gasteiger partial charge is 0.226 e. The number of aromatic nitrogens is 5. The zero-order chi connectivity index (χ0) is 23.5. The molecule has 0 aliphatic heterocycles. The summed E-state index contributed by atoms with van der Waals surface area (Å²) in [5, 5.41) is 19.4. The second-order valence-electron chi connectivity index (χ2n) is 8.91. The molecule has 2 fully saturated rings. The molecule has 4 N–H and O–H groups in total. The fourth-order valence-electron chi connectivity index (χ4n) is 4.33. The van der Waals surface area contributed by atoms with Crippen molar-refractivity contribution in [2.24, 2.45) is 5.73 Å². The normalized spacial score (nSPS) is 20.3. The van der Waals surface area contributed by atoms with E-state index in [2.05, 4.69) is 25.5 Å². The summed E-state index contributed by atoms with van der Waals surface area (Å²) in [5.41, 5.74) is 8.99. The van der Waals surface area contributed by atoms with Crippen molar-refractivity contribution >= 4 is 11.6 Å². The lowest BCUT2D eigenvalue weighted by Crippen LogP contribution is -2.27. The van der Waals surface area contributed by atoms with Crippen LogP contribution in [0.3, 0.4) is 0 Å². The van der Waals surface area contributed by atoms with Gasteiger partial charge in [0.05, 0.1) is 30.9 Å². The number of nitrogens with zero attached hydrogens (tertiary/aromatic N) is 5. The average molecular weight is 461 g/mol. The van der Waals surface area contributed by atoms with E-state index < -0.39 is 0 Å². The molecule has 3 aromatic rings. The molecule has 0 amide bonds. The predicted octanol–water partition coefficient (Wildman–Crippen LogP) is 3.80. The second kappa shape index (κ2) is 9.65. The summed E-state index contributed by atoms with van der Waals surface area (Å²) in [4.78, 5) is 13.0. The Kier molecular flexibility index (Phi) is 6.27. The van der Waals surface area contributed by atoms with Crippen molar-refractivity contribution in [3.63, 3.8) is 0 Å². The quantitative estimate of drug-likeness (QED) is 0.448. The van der Waals surface area contributed by atoms with E-state index in [1.807, 2.05) is 18.2 Å². The molecule has 34 heavy (non-hydrogen) atoms. The summed E-state index contributed by atoms with van der Waals surface area (Å²) in [6.45, 7) is 0. The van der Waals surface area contributed by atoms with Crippen molar-refractivity contribution in [1.82, 2.24) is 25.1 Å². The average Bonchev–Trinajstić information content (AvgIpc) is 3.64. The van der Waals surface area contributed by atoms with E-state index in [4.69, 9.17) is 25.5 Å². The number of hydrogen-bond acceptors (Lipinski definition) is 9. The SMILES string of the molecule is COc1nc(C2CC2)cc(O[C@@H]2CCCC[C@H](N)C2)c1-c1cc(Nc2cnc(C#N)cn2)n[nH]1. The van der Waals surface area contributed by atoms with Crippen molar-refractivity contribution in [3.8, 4) is 29.0 Å². The molecule has 5 rings (SSSR count). The number of aromatic amines is 1. The molecular formula is C24H28N8O2. The molecule has 0 spiro atoms. The Morgan fingerprint density at radius 2 is 1.97 bits per heavy atom. The van der Waals surface area contributed by atoms with Crippen molar-refractivity contribution in [3.05, 3.63) is 35.9 Å². The summed E-state index contributed by atoms with van der Waals surface area (Å²) >= 11 is 0. The zero-order valence-corrected chi connectivity index (χ0v) is 19.1. The van der Waals surface area contributed by atoms with Crippen LogP contribution in [0.4, 0.5) is 11.6 Å². The Bertz CT molecular complexity index is 1180. The van der Waals surface area contributed by atoms with Crippen LogP contribution in [0, 0.1) is 11.3 Å². The third-order valence-electron chi connectivity index (χ3n) is 6.24. The first-order chi connectivity index (χ1) is 16.6. The summed E-state index contributed by atoms with van der Waals surface area (Å²) in [6, 6.07) is 6.00. The van der Waals surface area contributed by atoms with E-state index in [1.165, 1.54) is 12.4 Å². The van der Waals surface area contributed by atoms with E-state index in [1.54, 1.807) is 7.11 Å². The Morgan fingerprint density at radius 1 is 1.12 bits per heavy atom. The molecule has 2 aliphatic rings. The van der Waals surface area contributed by atoms with Gasteiger partial charge in [-0.1, -0.05) is 6.42 Å². The van der Waals surface area contributed by atoms with Crippen LogP contribution < -0.4 is 20.5 Å². The molecule has 0 radical (unpaired) electrons. The van der Waals surface area contributed by atoms with Gasteiger partial charge in [0.25, 0.3) is 0 Å². The first-order valence-corrected chi connectivity index (χ1v) is 11.7. The summed E-state index contributed by atoms with van der Waals surface area (Å²) in [6.07, 6.45) is 10.3. The monoisotopic (exact) mass is 460 g/mol. The van der Waals surface area contributed by atoms with Gasteiger partial charge in [-0.2, -0.15) is 10.4 Å². The van der Waals surface area contributed by atoms with Gasteiger partial charge in [-0.05, 0) is 38.5 Å². The van der Waals surface area contributed by atoms with Gasteiger partial charge in [0.2, 0.25) is 5.88 Å². The van der Waals surface area contributed by atoms with E-state index >= 15 is 0 Å². The highest BCUT2D eigenvalue weighted by atomic mass is 16.5. The van der Waals surface area contributed by atoms with Gasteiger partial charge in [-0.3, -0.25) is 5.10 Å². The Hall–Kier alpha value is -3.71. The molecule has 10 heteroatoms. The van der Waals surface area contributed by atoms with E-state index in [9.17, 15) is 0 Å². The van der Waals surface area contributed by atoms with Crippen LogP contribution in [0.1, 0.15) is 62.3 Å². The molecule has 3 aromatic heterocycles.